The van der Waals surface area contributed by atoms with Crippen molar-refractivity contribution in [1.82, 2.24) is 5.32 Å². The van der Waals surface area contributed by atoms with Crippen molar-refractivity contribution in [3.05, 3.63) is 46.0 Å². The second-order valence-corrected chi connectivity index (χ2v) is 6.41. The van der Waals surface area contributed by atoms with Crippen molar-refractivity contribution in [2.45, 2.75) is 45.2 Å². The van der Waals surface area contributed by atoms with Crippen molar-refractivity contribution in [2.75, 3.05) is 0 Å². The molecular formula is C16H21NOS. The first kappa shape index (κ1) is 12.9. The first-order valence-electron chi connectivity index (χ1n) is 7.15. The van der Waals surface area contributed by atoms with Gasteiger partial charge in [-0.05, 0) is 49.3 Å². The van der Waals surface area contributed by atoms with Crippen LogP contribution in [-0.2, 0) is 6.54 Å². The van der Waals surface area contributed by atoms with Crippen LogP contribution in [0.3, 0.4) is 0 Å². The molecule has 102 valence electrons. The van der Waals surface area contributed by atoms with Gasteiger partial charge in [0.05, 0.1) is 6.54 Å². The highest BCUT2D eigenvalue weighted by molar-refractivity contribution is 7.10. The van der Waals surface area contributed by atoms with Crippen LogP contribution in [0.15, 0.2) is 34.1 Å². The van der Waals surface area contributed by atoms with E-state index in [1.165, 1.54) is 30.6 Å². The molecule has 3 heteroatoms. The molecule has 0 aromatic carbocycles. The molecular weight excluding hydrogens is 254 g/mol. The zero-order valence-electron chi connectivity index (χ0n) is 11.4. The van der Waals surface area contributed by atoms with Gasteiger partial charge in [0.2, 0.25) is 0 Å². The van der Waals surface area contributed by atoms with Gasteiger partial charge in [-0.1, -0.05) is 18.9 Å². The summed E-state index contributed by atoms with van der Waals surface area (Å²) in [5.74, 6) is 2.82. The van der Waals surface area contributed by atoms with Gasteiger partial charge in [0.15, 0.2) is 0 Å². The number of hydrogen-bond acceptors (Lipinski definition) is 3. The van der Waals surface area contributed by atoms with Crippen molar-refractivity contribution in [1.29, 1.82) is 0 Å². The van der Waals surface area contributed by atoms with E-state index >= 15 is 0 Å². The van der Waals surface area contributed by atoms with Crippen LogP contribution in [0.4, 0.5) is 0 Å². The van der Waals surface area contributed by atoms with Gasteiger partial charge in [0.1, 0.15) is 11.5 Å². The van der Waals surface area contributed by atoms with Gasteiger partial charge < -0.3 is 9.73 Å². The van der Waals surface area contributed by atoms with Crippen LogP contribution in [0.2, 0.25) is 0 Å². The molecule has 2 heterocycles. The quantitative estimate of drug-likeness (QED) is 0.857. The fraction of sp³-hybridized carbons (Fsp3) is 0.500. The third kappa shape index (κ3) is 3.10. The Labute approximate surface area is 118 Å². The van der Waals surface area contributed by atoms with Crippen LogP contribution in [0.5, 0.6) is 0 Å². The molecule has 1 saturated carbocycles. The van der Waals surface area contributed by atoms with Crippen molar-refractivity contribution >= 4 is 11.3 Å². The zero-order chi connectivity index (χ0) is 13.1. The Hall–Kier alpha value is -1.06. The predicted molar refractivity (Wildman–Crippen MR) is 79.3 cm³/mol. The number of hydrogen-bond donors (Lipinski definition) is 1. The Morgan fingerprint density at radius 1 is 1.32 bits per heavy atom. The van der Waals surface area contributed by atoms with E-state index in [0.29, 0.717) is 6.04 Å². The van der Waals surface area contributed by atoms with Gasteiger partial charge in [-0.2, -0.15) is 0 Å². The maximum atomic E-state index is 5.65. The molecule has 0 spiro atoms. The third-order valence-electron chi connectivity index (χ3n) is 4.01. The smallest absolute Gasteiger partial charge is 0.117 e. The molecule has 1 unspecified atom stereocenters. The fourth-order valence-electron chi connectivity index (χ4n) is 3.05. The number of aryl methyl sites for hydroxylation is 1. The normalized spacial score (nSPS) is 17.9. The van der Waals surface area contributed by atoms with Crippen molar-refractivity contribution < 1.29 is 4.42 Å². The van der Waals surface area contributed by atoms with E-state index in [0.717, 1.165) is 24.0 Å². The van der Waals surface area contributed by atoms with E-state index < -0.39 is 0 Å². The van der Waals surface area contributed by atoms with Crippen LogP contribution >= 0.6 is 11.3 Å². The Kier molecular flexibility index (Phi) is 4.04. The number of furan rings is 1. The molecule has 0 amide bonds. The molecule has 2 nitrogen and oxygen atoms in total. The molecule has 1 atom stereocenters. The van der Waals surface area contributed by atoms with Gasteiger partial charge in [0, 0.05) is 10.9 Å². The van der Waals surface area contributed by atoms with Gasteiger partial charge in [-0.3, -0.25) is 0 Å². The van der Waals surface area contributed by atoms with E-state index in [1.807, 2.05) is 24.3 Å². The maximum absolute atomic E-state index is 5.65. The molecule has 1 aliphatic carbocycles. The van der Waals surface area contributed by atoms with Crippen molar-refractivity contribution in [3.63, 3.8) is 0 Å². The molecule has 0 aliphatic heterocycles. The lowest BCUT2D eigenvalue weighted by atomic mass is 9.96. The summed E-state index contributed by atoms with van der Waals surface area (Å²) < 4.78 is 5.65. The molecule has 0 bridgehead atoms. The maximum Gasteiger partial charge on any atom is 0.117 e. The van der Waals surface area contributed by atoms with Gasteiger partial charge >= 0.3 is 0 Å². The summed E-state index contributed by atoms with van der Waals surface area (Å²) in [5, 5.41) is 5.89. The second kappa shape index (κ2) is 5.93. The number of thiophene rings is 1. The molecule has 19 heavy (non-hydrogen) atoms. The third-order valence-corrected chi connectivity index (χ3v) is 4.97. The molecule has 3 rings (SSSR count). The van der Waals surface area contributed by atoms with Gasteiger partial charge in [-0.25, -0.2) is 0 Å². The Morgan fingerprint density at radius 2 is 2.16 bits per heavy atom. The Balaban J connectivity index is 1.68. The van der Waals surface area contributed by atoms with Crippen LogP contribution in [0, 0.1) is 12.8 Å². The highest BCUT2D eigenvalue weighted by Crippen LogP contribution is 2.37. The molecule has 2 aromatic rings. The zero-order valence-corrected chi connectivity index (χ0v) is 12.2. The van der Waals surface area contributed by atoms with Gasteiger partial charge in [-0.15, -0.1) is 11.3 Å². The van der Waals surface area contributed by atoms with E-state index in [9.17, 15) is 0 Å². The van der Waals surface area contributed by atoms with Crippen molar-refractivity contribution in [2.24, 2.45) is 5.92 Å². The summed E-state index contributed by atoms with van der Waals surface area (Å²) in [6, 6.07) is 9.01. The minimum absolute atomic E-state index is 0.493. The topological polar surface area (TPSA) is 25.2 Å². The Bertz CT molecular complexity index is 497. The first-order chi connectivity index (χ1) is 9.33. The van der Waals surface area contributed by atoms with Crippen LogP contribution in [0.25, 0.3) is 0 Å². The molecule has 2 aromatic heterocycles. The predicted octanol–water partition coefficient (Wildman–Crippen LogP) is 4.67. The van der Waals surface area contributed by atoms with E-state index in [4.69, 9.17) is 4.42 Å². The average Bonchev–Trinajstić information content (AvgIpc) is 3.11. The Morgan fingerprint density at radius 3 is 2.79 bits per heavy atom. The minimum atomic E-state index is 0.493. The summed E-state index contributed by atoms with van der Waals surface area (Å²) in [5.41, 5.74) is 0. The first-order valence-corrected chi connectivity index (χ1v) is 8.03. The van der Waals surface area contributed by atoms with E-state index in [1.54, 1.807) is 0 Å². The summed E-state index contributed by atoms with van der Waals surface area (Å²) in [6.45, 7) is 2.82. The van der Waals surface area contributed by atoms with E-state index in [-0.39, 0.29) is 0 Å². The molecule has 0 radical (unpaired) electrons. The van der Waals surface area contributed by atoms with Crippen LogP contribution in [0.1, 0.15) is 48.1 Å². The second-order valence-electron chi connectivity index (χ2n) is 5.43. The average molecular weight is 275 g/mol. The summed E-state index contributed by atoms with van der Waals surface area (Å²) in [6.07, 6.45) is 5.47. The van der Waals surface area contributed by atoms with Crippen LogP contribution < -0.4 is 5.32 Å². The number of nitrogens with one attached hydrogen (secondary N) is 1. The highest BCUT2D eigenvalue weighted by Gasteiger charge is 2.26. The highest BCUT2D eigenvalue weighted by atomic mass is 32.1. The summed E-state index contributed by atoms with van der Waals surface area (Å²) >= 11 is 1.87. The lowest BCUT2D eigenvalue weighted by molar-refractivity contribution is 0.351. The standard InChI is InChI=1S/C16H21NOS/c1-12-8-9-14(18-12)11-17-16(13-5-2-3-6-13)15-7-4-10-19-15/h4,7-10,13,16-17H,2-3,5-6,11H2,1H3. The summed E-state index contributed by atoms with van der Waals surface area (Å²) in [4.78, 5) is 1.47. The lowest BCUT2D eigenvalue weighted by Gasteiger charge is -2.23. The minimum Gasteiger partial charge on any atom is -0.465 e. The van der Waals surface area contributed by atoms with Gasteiger partial charge in [0.25, 0.3) is 0 Å². The molecule has 1 fully saturated rings. The summed E-state index contributed by atoms with van der Waals surface area (Å²) in [7, 11) is 0. The fourth-order valence-corrected chi connectivity index (χ4v) is 3.94. The van der Waals surface area contributed by atoms with Crippen molar-refractivity contribution in [3.8, 4) is 0 Å². The monoisotopic (exact) mass is 275 g/mol. The molecule has 0 saturated heterocycles. The van der Waals surface area contributed by atoms with E-state index in [2.05, 4.69) is 28.9 Å². The SMILES string of the molecule is Cc1ccc(CNC(c2cccs2)C2CCCC2)o1. The lowest BCUT2D eigenvalue weighted by Crippen LogP contribution is -2.25. The van der Waals surface area contributed by atoms with Crippen LogP contribution in [-0.4, -0.2) is 0 Å². The molecule has 1 N–H and O–H groups in total. The number of rotatable bonds is 5. The largest absolute Gasteiger partial charge is 0.465 e. The molecule has 1 aliphatic rings.